The molecule has 0 aliphatic heterocycles. The van der Waals surface area contributed by atoms with E-state index < -0.39 is 0 Å². The third-order valence-electron chi connectivity index (χ3n) is 4.19. The van der Waals surface area contributed by atoms with Crippen molar-refractivity contribution in [2.75, 3.05) is 6.54 Å². The van der Waals surface area contributed by atoms with Gasteiger partial charge in [-0.15, -0.1) is 0 Å². The molecule has 0 fully saturated rings. The summed E-state index contributed by atoms with van der Waals surface area (Å²) in [6.07, 6.45) is 4.90. The van der Waals surface area contributed by atoms with Gasteiger partial charge in [0.25, 0.3) is 0 Å². The minimum Gasteiger partial charge on any atom is -0.345 e. The first-order valence-corrected chi connectivity index (χ1v) is 9.05. The van der Waals surface area contributed by atoms with E-state index in [0.29, 0.717) is 18.9 Å². The Kier molecular flexibility index (Phi) is 7.10. The van der Waals surface area contributed by atoms with Crippen molar-refractivity contribution in [3.63, 3.8) is 0 Å². The lowest BCUT2D eigenvalue weighted by Crippen LogP contribution is -2.33. The zero-order chi connectivity index (χ0) is 17.4. The van der Waals surface area contributed by atoms with Crippen LogP contribution in [0.25, 0.3) is 0 Å². The molecule has 0 saturated carbocycles. The van der Waals surface area contributed by atoms with Crippen LogP contribution in [-0.2, 0) is 17.9 Å². The van der Waals surface area contributed by atoms with Crippen LogP contribution in [0.1, 0.15) is 51.3 Å². The fourth-order valence-corrected chi connectivity index (χ4v) is 2.84. The van der Waals surface area contributed by atoms with Gasteiger partial charge in [0, 0.05) is 31.4 Å². The van der Waals surface area contributed by atoms with Crippen molar-refractivity contribution in [2.24, 2.45) is 5.92 Å². The largest absolute Gasteiger partial charge is 0.345 e. The summed E-state index contributed by atoms with van der Waals surface area (Å²) in [4.78, 5) is 14.6. The standard InChI is InChI=1S/C21H30N2O/c1-4-5-13-23(21(24)15-18(2)3)17-20-12-9-14-22(20)16-19-10-7-6-8-11-19/h6-12,14,18H,4-5,13,15-17H2,1-3H3. The first-order chi connectivity index (χ1) is 11.6. The predicted molar refractivity (Wildman–Crippen MR) is 99.8 cm³/mol. The molecule has 0 N–H and O–H groups in total. The van der Waals surface area contributed by atoms with Gasteiger partial charge in [-0.1, -0.05) is 57.5 Å². The monoisotopic (exact) mass is 326 g/mol. The van der Waals surface area contributed by atoms with Crippen LogP contribution in [-0.4, -0.2) is 21.9 Å². The van der Waals surface area contributed by atoms with Gasteiger partial charge in [-0.05, 0) is 30.0 Å². The molecule has 0 saturated heterocycles. The normalized spacial score (nSPS) is 11.0. The fraction of sp³-hybridized carbons (Fsp3) is 0.476. The number of benzene rings is 1. The Balaban J connectivity index is 2.08. The Labute approximate surface area is 146 Å². The van der Waals surface area contributed by atoms with Gasteiger partial charge in [0.15, 0.2) is 0 Å². The molecule has 0 atom stereocenters. The van der Waals surface area contributed by atoms with Crippen molar-refractivity contribution in [1.29, 1.82) is 0 Å². The molecule has 0 radical (unpaired) electrons. The molecule has 1 amide bonds. The minimum absolute atomic E-state index is 0.269. The highest BCUT2D eigenvalue weighted by atomic mass is 16.2. The van der Waals surface area contributed by atoms with Gasteiger partial charge in [0.05, 0.1) is 6.54 Å². The Morgan fingerprint density at radius 1 is 1.12 bits per heavy atom. The molecular weight excluding hydrogens is 296 g/mol. The summed E-state index contributed by atoms with van der Waals surface area (Å²) in [5, 5.41) is 0. The van der Waals surface area contributed by atoms with Crippen LogP contribution < -0.4 is 0 Å². The number of hydrogen-bond donors (Lipinski definition) is 0. The maximum absolute atomic E-state index is 12.6. The van der Waals surface area contributed by atoms with E-state index >= 15 is 0 Å². The highest BCUT2D eigenvalue weighted by Gasteiger charge is 2.16. The first kappa shape index (κ1) is 18.3. The topological polar surface area (TPSA) is 25.2 Å². The molecule has 130 valence electrons. The lowest BCUT2D eigenvalue weighted by Gasteiger charge is -2.24. The van der Waals surface area contributed by atoms with E-state index in [9.17, 15) is 4.79 Å². The average molecular weight is 326 g/mol. The first-order valence-electron chi connectivity index (χ1n) is 9.05. The maximum Gasteiger partial charge on any atom is 0.223 e. The Morgan fingerprint density at radius 2 is 1.88 bits per heavy atom. The second-order valence-corrected chi connectivity index (χ2v) is 6.88. The summed E-state index contributed by atoms with van der Waals surface area (Å²) in [6.45, 7) is 8.78. The lowest BCUT2D eigenvalue weighted by molar-refractivity contribution is -0.132. The van der Waals surface area contributed by atoms with Gasteiger partial charge >= 0.3 is 0 Å². The zero-order valence-electron chi connectivity index (χ0n) is 15.2. The summed E-state index contributed by atoms with van der Waals surface area (Å²) in [5.74, 6) is 0.670. The predicted octanol–water partition coefficient (Wildman–Crippen LogP) is 4.71. The second kappa shape index (κ2) is 9.31. The molecule has 3 nitrogen and oxygen atoms in total. The Hall–Kier alpha value is -2.03. The molecule has 24 heavy (non-hydrogen) atoms. The number of carbonyl (C=O) groups excluding carboxylic acids is 1. The van der Waals surface area contributed by atoms with Gasteiger partial charge in [0.1, 0.15) is 0 Å². The quantitative estimate of drug-likeness (QED) is 0.655. The lowest BCUT2D eigenvalue weighted by atomic mass is 10.1. The SMILES string of the molecule is CCCCN(Cc1cccn1Cc1ccccc1)C(=O)CC(C)C. The van der Waals surface area contributed by atoms with Crippen LogP contribution >= 0.6 is 0 Å². The molecule has 0 unspecified atom stereocenters. The Morgan fingerprint density at radius 3 is 2.54 bits per heavy atom. The van der Waals surface area contributed by atoms with Crippen LogP contribution in [0.15, 0.2) is 48.7 Å². The number of rotatable bonds is 9. The smallest absolute Gasteiger partial charge is 0.223 e. The van der Waals surface area contributed by atoms with Crippen LogP contribution in [0.2, 0.25) is 0 Å². The van der Waals surface area contributed by atoms with E-state index in [1.54, 1.807) is 0 Å². The molecule has 3 heteroatoms. The van der Waals surface area contributed by atoms with Crippen LogP contribution in [0, 0.1) is 5.92 Å². The number of amides is 1. The third-order valence-corrected chi connectivity index (χ3v) is 4.19. The van der Waals surface area contributed by atoms with E-state index in [4.69, 9.17) is 0 Å². The van der Waals surface area contributed by atoms with Crippen molar-refractivity contribution in [3.05, 3.63) is 59.9 Å². The highest BCUT2D eigenvalue weighted by molar-refractivity contribution is 5.76. The van der Waals surface area contributed by atoms with Crippen molar-refractivity contribution in [2.45, 2.75) is 53.1 Å². The summed E-state index contributed by atoms with van der Waals surface area (Å²) in [6, 6.07) is 14.7. The van der Waals surface area contributed by atoms with E-state index in [0.717, 1.165) is 25.9 Å². The summed E-state index contributed by atoms with van der Waals surface area (Å²) in [5.41, 5.74) is 2.48. The molecular formula is C21H30N2O. The van der Waals surface area contributed by atoms with Gasteiger partial charge in [-0.2, -0.15) is 0 Å². The minimum atomic E-state index is 0.269. The molecule has 1 heterocycles. The molecule has 2 aromatic rings. The maximum atomic E-state index is 12.6. The van der Waals surface area contributed by atoms with Gasteiger partial charge in [0.2, 0.25) is 5.91 Å². The van der Waals surface area contributed by atoms with E-state index in [-0.39, 0.29) is 5.91 Å². The van der Waals surface area contributed by atoms with Crippen molar-refractivity contribution in [1.82, 2.24) is 9.47 Å². The Bertz CT molecular complexity index is 616. The molecule has 2 rings (SSSR count). The summed E-state index contributed by atoms with van der Waals surface area (Å²) in [7, 11) is 0. The van der Waals surface area contributed by atoms with Crippen molar-refractivity contribution >= 4 is 5.91 Å². The van der Waals surface area contributed by atoms with Crippen LogP contribution in [0.3, 0.4) is 0 Å². The number of hydrogen-bond acceptors (Lipinski definition) is 1. The molecule has 0 spiro atoms. The van der Waals surface area contributed by atoms with Gasteiger partial charge in [-0.25, -0.2) is 0 Å². The molecule has 1 aromatic heterocycles. The van der Waals surface area contributed by atoms with E-state index in [1.165, 1.54) is 11.3 Å². The average Bonchev–Trinajstić information content (AvgIpc) is 2.98. The number of nitrogens with zero attached hydrogens (tertiary/aromatic N) is 2. The van der Waals surface area contributed by atoms with Crippen LogP contribution in [0.5, 0.6) is 0 Å². The van der Waals surface area contributed by atoms with Crippen LogP contribution in [0.4, 0.5) is 0 Å². The van der Waals surface area contributed by atoms with Crippen molar-refractivity contribution in [3.8, 4) is 0 Å². The molecule has 1 aromatic carbocycles. The second-order valence-electron chi connectivity index (χ2n) is 6.88. The van der Waals surface area contributed by atoms with E-state index in [1.807, 2.05) is 11.0 Å². The van der Waals surface area contributed by atoms with E-state index in [2.05, 4.69) is 67.9 Å². The number of aromatic nitrogens is 1. The number of unbranched alkanes of at least 4 members (excludes halogenated alkanes) is 1. The van der Waals surface area contributed by atoms with Gasteiger partial charge < -0.3 is 9.47 Å². The fourth-order valence-electron chi connectivity index (χ4n) is 2.84. The summed E-state index contributed by atoms with van der Waals surface area (Å²) < 4.78 is 2.25. The van der Waals surface area contributed by atoms with Gasteiger partial charge in [-0.3, -0.25) is 4.79 Å². The third kappa shape index (κ3) is 5.55. The zero-order valence-corrected chi connectivity index (χ0v) is 15.2. The van der Waals surface area contributed by atoms with Crippen molar-refractivity contribution < 1.29 is 4.79 Å². The molecule has 0 aliphatic rings. The molecule has 0 aliphatic carbocycles. The number of carbonyl (C=O) groups is 1. The highest BCUT2D eigenvalue weighted by Crippen LogP contribution is 2.13. The molecule has 0 bridgehead atoms. The summed E-state index contributed by atoms with van der Waals surface area (Å²) >= 11 is 0.